The summed E-state index contributed by atoms with van der Waals surface area (Å²) in [6.45, 7) is 10.2. The molecule has 0 fully saturated rings. The Morgan fingerprint density at radius 3 is 1.39 bits per heavy atom. The number of hydrogen-bond acceptors (Lipinski definition) is 0. The molecule has 3 aromatic rings. The summed E-state index contributed by atoms with van der Waals surface area (Å²) in [5, 5.41) is 0. The van der Waals surface area contributed by atoms with Gasteiger partial charge in [0.05, 0.1) is 0 Å². The van der Waals surface area contributed by atoms with Crippen molar-refractivity contribution in [2.45, 2.75) is 50.5 Å². The van der Waals surface area contributed by atoms with Crippen molar-refractivity contribution in [2.75, 3.05) is 0 Å². The van der Waals surface area contributed by atoms with Gasteiger partial charge in [-0.1, -0.05) is 0 Å². The summed E-state index contributed by atoms with van der Waals surface area (Å²) in [6.07, 6.45) is 7.48. The molecule has 0 saturated carbocycles. The van der Waals surface area contributed by atoms with Crippen molar-refractivity contribution >= 4 is 8.07 Å². The van der Waals surface area contributed by atoms with Gasteiger partial charge in [-0.25, -0.2) is 0 Å². The van der Waals surface area contributed by atoms with Crippen LogP contribution in [0.5, 0.6) is 0 Å². The summed E-state index contributed by atoms with van der Waals surface area (Å²) in [6, 6.07) is 35.2. The van der Waals surface area contributed by atoms with Crippen LogP contribution in [0.25, 0.3) is 0 Å². The molecule has 170 valence electrons. The summed E-state index contributed by atoms with van der Waals surface area (Å²) in [7, 11) is -1.24. The van der Waals surface area contributed by atoms with Crippen molar-refractivity contribution in [3.63, 3.8) is 0 Å². The molecule has 0 amide bonds. The number of rotatable bonds is 9. The van der Waals surface area contributed by atoms with Crippen LogP contribution in [0.3, 0.4) is 0 Å². The van der Waals surface area contributed by atoms with E-state index in [0.29, 0.717) is 0 Å². The predicted octanol–water partition coefficient (Wildman–Crippen LogP) is 8.75. The number of hydrogen-bond donors (Lipinski definition) is 0. The Bertz CT molecular complexity index is 993. The molecule has 1 aliphatic rings. The fraction of sp³-hybridized carbons (Fsp3) is 0.290. The molecule has 33 heavy (non-hydrogen) atoms. The molecule has 0 aliphatic heterocycles. The second-order valence-electron chi connectivity index (χ2n) is 11.3. The van der Waals surface area contributed by atoms with E-state index in [0.717, 1.165) is 0 Å². The Kier molecular flexibility index (Phi) is 7.43. The zero-order chi connectivity index (χ0) is 23.4. The van der Waals surface area contributed by atoms with E-state index in [1.165, 1.54) is 36.9 Å². The van der Waals surface area contributed by atoms with Crippen LogP contribution >= 0.6 is 0 Å². The Morgan fingerprint density at radius 2 is 1.03 bits per heavy atom. The fourth-order valence-electron chi connectivity index (χ4n) is 5.67. The van der Waals surface area contributed by atoms with E-state index in [1.807, 2.05) is 0 Å². The van der Waals surface area contributed by atoms with Gasteiger partial charge in [0.15, 0.2) is 0 Å². The Labute approximate surface area is 205 Å². The van der Waals surface area contributed by atoms with Gasteiger partial charge >= 0.3 is 207 Å². The summed E-state index contributed by atoms with van der Waals surface area (Å²) in [5.41, 5.74) is 6.25. The molecule has 0 heterocycles. The first-order valence-electron chi connectivity index (χ1n) is 12.3. The molecule has 0 N–H and O–H groups in total. The van der Waals surface area contributed by atoms with E-state index in [2.05, 4.69) is 136 Å². The maximum absolute atomic E-state index is 2.72. The molecule has 0 bridgehead atoms. The summed E-state index contributed by atoms with van der Waals surface area (Å²) in [4.78, 5) is 0. The average molecular weight is 487 g/mol. The summed E-state index contributed by atoms with van der Waals surface area (Å²) >= 11 is -2.72. The van der Waals surface area contributed by atoms with Crippen LogP contribution in [-0.4, -0.2) is 8.07 Å². The Hall–Kier alpha value is -1.93. The van der Waals surface area contributed by atoms with E-state index in [-0.39, 0.29) is 3.72 Å². The van der Waals surface area contributed by atoms with Gasteiger partial charge in [0, 0.05) is 0 Å². The first-order chi connectivity index (χ1) is 15.8. The van der Waals surface area contributed by atoms with Crippen molar-refractivity contribution < 1.29 is 16.6 Å². The molecule has 1 aliphatic carbocycles. The van der Waals surface area contributed by atoms with Crippen LogP contribution in [0, 0.1) is 0 Å². The fourth-order valence-corrected chi connectivity index (χ4v) is 16.7. The Balaban J connectivity index is 1.87. The SMILES string of the molecule is C[C]1([Ti]([CH2]c2ccccc2)([CH2]c2ccccc2)[CH2]c2ccccc2)C=CC=C1C[Si](C)(C)C. The van der Waals surface area contributed by atoms with Crippen molar-refractivity contribution in [1.29, 1.82) is 0 Å². The molecular formula is C31H38SiTi. The second kappa shape index (κ2) is 10.1. The van der Waals surface area contributed by atoms with Gasteiger partial charge in [0.1, 0.15) is 0 Å². The molecule has 4 rings (SSSR count). The molecule has 1 unspecified atom stereocenters. The standard InChI is InChI=1S/C10H17Si.3C7H7.Ti/c1-9-6-5-7-10(9)8-11(2,3)4;3*1-7-5-3-2-4-6-7;/h5-7H,8H2,1-4H3;3*2-6H,1H2;. The van der Waals surface area contributed by atoms with E-state index in [1.54, 1.807) is 5.57 Å². The molecule has 2 heteroatoms. The van der Waals surface area contributed by atoms with Gasteiger partial charge in [-0.05, 0) is 0 Å². The molecule has 3 aromatic carbocycles. The predicted molar refractivity (Wildman–Crippen MR) is 144 cm³/mol. The monoisotopic (exact) mass is 486 g/mol. The minimum atomic E-state index is -2.72. The molecule has 0 spiro atoms. The quantitative estimate of drug-likeness (QED) is 0.265. The molecule has 1 atom stereocenters. The molecule has 0 nitrogen and oxygen atoms in total. The zero-order valence-electron chi connectivity index (χ0n) is 20.7. The topological polar surface area (TPSA) is 0 Å². The van der Waals surface area contributed by atoms with E-state index < -0.39 is 24.7 Å². The summed E-state index contributed by atoms with van der Waals surface area (Å²) in [5.74, 6) is 0. The van der Waals surface area contributed by atoms with E-state index in [4.69, 9.17) is 0 Å². The van der Waals surface area contributed by atoms with E-state index >= 15 is 0 Å². The van der Waals surface area contributed by atoms with Crippen LogP contribution in [0.4, 0.5) is 0 Å². The van der Waals surface area contributed by atoms with Crippen molar-refractivity contribution in [3.8, 4) is 0 Å². The normalized spacial score (nSPS) is 18.4. The van der Waals surface area contributed by atoms with Gasteiger partial charge < -0.3 is 0 Å². The van der Waals surface area contributed by atoms with Crippen LogP contribution in [-0.2, 0) is 30.8 Å². The van der Waals surface area contributed by atoms with Gasteiger partial charge in [-0.2, -0.15) is 0 Å². The van der Waals surface area contributed by atoms with Crippen molar-refractivity contribution in [3.05, 3.63) is 131 Å². The number of benzene rings is 3. The second-order valence-corrected chi connectivity index (χ2v) is 24.0. The van der Waals surface area contributed by atoms with E-state index in [9.17, 15) is 0 Å². The zero-order valence-corrected chi connectivity index (χ0v) is 23.3. The van der Waals surface area contributed by atoms with Gasteiger partial charge in [-0.3, -0.25) is 0 Å². The van der Waals surface area contributed by atoms with Crippen LogP contribution in [0.1, 0.15) is 23.6 Å². The number of allylic oxidation sites excluding steroid dienone is 4. The van der Waals surface area contributed by atoms with Crippen LogP contribution in [0.15, 0.2) is 115 Å². The van der Waals surface area contributed by atoms with Crippen LogP contribution < -0.4 is 0 Å². The van der Waals surface area contributed by atoms with Crippen LogP contribution in [0.2, 0.25) is 29.4 Å². The molecular weight excluding hydrogens is 448 g/mol. The van der Waals surface area contributed by atoms with Gasteiger partial charge in [-0.15, -0.1) is 0 Å². The van der Waals surface area contributed by atoms with Gasteiger partial charge in [0.25, 0.3) is 0 Å². The molecule has 0 saturated heterocycles. The third-order valence-electron chi connectivity index (χ3n) is 7.37. The van der Waals surface area contributed by atoms with Crippen molar-refractivity contribution in [2.24, 2.45) is 0 Å². The Morgan fingerprint density at radius 1 is 0.636 bits per heavy atom. The molecule has 0 aromatic heterocycles. The molecule has 0 radical (unpaired) electrons. The third-order valence-corrected chi connectivity index (χ3v) is 18.1. The minimum absolute atomic E-state index is 0.196. The van der Waals surface area contributed by atoms with Gasteiger partial charge in [0.2, 0.25) is 0 Å². The summed E-state index contributed by atoms with van der Waals surface area (Å²) < 4.78 is 3.93. The maximum atomic E-state index is 2.61. The average Bonchev–Trinajstić information content (AvgIpc) is 3.16. The first-order valence-corrected chi connectivity index (χ1v) is 20.1. The first kappa shape index (κ1) is 24.2. The third kappa shape index (κ3) is 5.77. The van der Waals surface area contributed by atoms with Crippen molar-refractivity contribution in [1.82, 2.24) is 0 Å².